The topological polar surface area (TPSA) is 81.1 Å². The summed E-state index contributed by atoms with van der Waals surface area (Å²) in [5.74, 6) is -0.153. The van der Waals surface area contributed by atoms with Crippen LogP contribution in [0.4, 0.5) is 0 Å². The van der Waals surface area contributed by atoms with E-state index in [1.165, 1.54) is 10.9 Å². The van der Waals surface area contributed by atoms with Crippen molar-refractivity contribution in [2.45, 2.75) is 43.8 Å². The lowest BCUT2D eigenvalue weighted by atomic mass is 9.96. The van der Waals surface area contributed by atoms with E-state index in [-0.39, 0.29) is 10.8 Å². The zero-order chi connectivity index (χ0) is 19.2. The summed E-state index contributed by atoms with van der Waals surface area (Å²) in [4.78, 5) is 16.6. The summed E-state index contributed by atoms with van der Waals surface area (Å²) < 4.78 is 26.7. The second kappa shape index (κ2) is 6.09. The number of hydrogen-bond donors (Lipinski definition) is 1. The fourth-order valence-electron chi connectivity index (χ4n) is 2.69. The molecular formula is C19H23N3O3S. The number of carbonyl (C=O) groups is 1. The average molecular weight is 373 g/mol. The maximum Gasteiger partial charge on any atom is 0.244 e. The van der Waals surface area contributed by atoms with Crippen LogP contribution < -0.4 is 5.43 Å². The lowest BCUT2D eigenvalue weighted by Gasteiger charge is -2.26. The second-order valence-corrected chi connectivity index (χ2v) is 10.2. The Morgan fingerprint density at radius 1 is 1.31 bits per heavy atom. The zero-order valence-electron chi connectivity index (χ0n) is 15.4. The highest BCUT2D eigenvalue weighted by Gasteiger charge is 2.38. The highest BCUT2D eigenvalue weighted by molar-refractivity contribution is 7.93. The van der Waals surface area contributed by atoms with E-state index >= 15 is 0 Å². The van der Waals surface area contributed by atoms with Crippen molar-refractivity contribution in [1.29, 1.82) is 0 Å². The first-order valence-corrected chi connectivity index (χ1v) is 9.90. The van der Waals surface area contributed by atoms with Gasteiger partial charge in [0.2, 0.25) is 5.91 Å². The molecule has 138 valence electrons. The Kier molecular flexibility index (Phi) is 4.30. The van der Waals surface area contributed by atoms with E-state index in [9.17, 15) is 13.2 Å². The van der Waals surface area contributed by atoms with Crippen LogP contribution in [0.3, 0.4) is 0 Å². The molecule has 0 spiro atoms. The van der Waals surface area contributed by atoms with Crippen LogP contribution in [0.15, 0.2) is 53.7 Å². The number of nitrogens with zero attached hydrogens (tertiary/aromatic N) is 2. The summed E-state index contributed by atoms with van der Waals surface area (Å²) in [5.41, 5.74) is 2.74. The predicted octanol–water partition coefficient (Wildman–Crippen LogP) is 3.20. The molecule has 0 bridgehead atoms. The van der Waals surface area contributed by atoms with Gasteiger partial charge in [0.15, 0.2) is 15.5 Å². The molecule has 1 amide bonds. The third-order valence-corrected chi connectivity index (χ3v) is 6.92. The summed E-state index contributed by atoms with van der Waals surface area (Å²) >= 11 is 0. The molecule has 26 heavy (non-hydrogen) atoms. The van der Waals surface area contributed by atoms with Crippen LogP contribution in [-0.4, -0.2) is 28.7 Å². The molecule has 3 rings (SSSR count). The van der Waals surface area contributed by atoms with E-state index in [1.54, 1.807) is 37.4 Å². The van der Waals surface area contributed by atoms with Gasteiger partial charge in [-0.2, -0.15) is 0 Å². The van der Waals surface area contributed by atoms with Crippen molar-refractivity contribution in [1.82, 2.24) is 9.66 Å². The summed E-state index contributed by atoms with van der Waals surface area (Å²) in [6, 6.07) is 3.35. The van der Waals surface area contributed by atoms with Crippen molar-refractivity contribution < 1.29 is 13.2 Å². The Morgan fingerprint density at radius 2 is 2.04 bits per heavy atom. The van der Waals surface area contributed by atoms with Crippen LogP contribution in [0.25, 0.3) is 11.0 Å². The lowest BCUT2D eigenvalue weighted by molar-refractivity contribution is -0.124. The van der Waals surface area contributed by atoms with Gasteiger partial charge in [0.1, 0.15) is 0 Å². The standard InChI is InChI=1S/C19H23N3O3S/c1-18(2,3)17(23)21-22-11-8-14-12-15(13-20-16(14)22)26(24,25)19(4)9-6-5-7-10-19/h5-9,11-13H,10H2,1-4H3,(H,21,23). The van der Waals surface area contributed by atoms with Gasteiger partial charge in [-0.15, -0.1) is 0 Å². The number of nitrogens with one attached hydrogen (secondary N) is 1. The molecule has 1 aliphatic rings. The molecule has 1 unspecified atom stereocenters. The first-order valence-electron chi connectivity index (χ1n) is 8.42. The fraction of sp³-hybridized carbons (Fsp3) is 0.368. The summed E-state index contributed by atoms with van der Waals surface area (Å²) in [6.45, 7) is 7.16. The first kappa shape index (κ1) is 18.4. The molecule has 0 saturated heterocycles. The molecule has 7 heteroatoms. The molecule has 2 heterocycles. The van der Waals surface area contributed by atoms with Crippen molar-refractivity contribution in [3.05, 3.63) is 48.8 Å². The smallest absolute Gasteiger partial charge is 0.244 e. The van der Waals surface area contributed by atoms with Gasteiger partial charge in [0.25, 0.3) is 0 Å². The van der Waals surface area contributed by atoms with Crippen molar-refractivity contribution in [2.24, 2.45) is 5.41 Å². The third-order valence-electron chi connectivity index (χ3n) is 4.55. The summed E-state index contributed by atoms with van der Waals surface area (Å²) in [5, 5.41) is 0.652. The van der Waals surface area contributed by atoms with E-state index in [1.807, 2.05) is 32.9 Å². The van der Waals surface area contributed by atoms with Gasteiger partial charge in [-0.25, -0.2) is 18.1 Å². The Bertz CT molecular complexity index is 1030. The number of allylic oxidation sites excluding steroid dienone is 3. The molecule has 0 fully saturated rings. The minimum absolute atomic E-state index is 0.153. The Labute approximate surface area is 153 Å². The van der Waals surface area contributed by atoms with E-state index in [0.29, 0.717) is 17.5 Å². The maximum atomic E-state index is 13.1. The molecule has 0 aliphatic heterocycles. The minimum atomic E-state index is -3.59. The molecule has 6 nitrogen and oxygen atoms in total. The van der Waals surface area contributed by atoms with Crippen LogP contribution in [0.1, 0.15) is 34.1 Å². The van der Waals surface area contributed by atoms with Crippen LogP contribution in [0.5, 0.6) is 0 Å². The molecule has 1 atom stereocenters. The van der Waals surface area contributed by atoms with Crippen molar-refractivity contribution in [2.75, 3.05) is 5.43 Å². The maximum absolute atomic E-state index is 13.1. The SMILES string of the molecule is CC(C)(C)C(=O)Nn1ccc2cc(S(=O)(=O)C3(C)C=CC=CC3)cnc21. The van der Waals surface area contributed by atoms with E-state index in [0.717, 1.165) is 0 Å². The number of pyridine rings is 1. The molecule has 1 aliphatic carbocycles. The molecule has 0 aromatic carbocycles. The number of hydrogen-bond acceptors (Lipinski definition) is 4. The van der Waals surface area contributed by atoms with Gasteiger partial charge >= 0.3 is 0 Å². The monoisotopic (exact) mass is 373 g/mol. The molecule has 2 aromatic rings. The molecular weight excluding hydrogens is 350 g/mol. The molecule has 0 radical (unpaired) electrons. The van der Waals surface area contributed by atoms with Crippen LogP contribution in [-0.2, 0) is 14.6 Å². The van der Waals surface area contributed by atoms with Crippen LogP contribution in [0.2, 0.25) is 0 Å². The Balaban J connectivity index is 1.98. The Morgan fingerprint density at radius 3 is 2.65 bits per heavy atom. The quantitative estimate of drug-likeness (QED) is 0.896. The van der Waals surface area contributed by atoms with Crippen LogP contribution >= 0.6 is 0 Å². The second-order valence-electron chi connectivity index (χ2n) is 7.77. The van der Waals surface area contributed by atoms with Gasteiger partial charge in [-0.3, -0.25) is 10.2 Å². The van der Waals surface area contributed by atoms with Gasteiger partial charge in [0.05, 0.1) is 9.64 Å². The van der Waals surface area contributed by atoms with Gasteiger partial charge in [-0.05, 0) is 25.5 Å². The van der Waals surface area contributed by atoms with Crippen molar-refractivity contribution in [3.63, 3.8) is 0 Å². The lowest BCUT2D eigenvalue weighted by Crippen LogP contribution is -2.34. The van der Waals surface area contributed by atoms with Gasteiger partial charge in [-0.1, -0.05) is 45.1 Å². The predicted molar refractivity (Wildman–Crippen MR) is 102 cm³/mol. The van der Waals surface area contributed by atoms with Crippen molar-refractivity contribution >= 4 is 26.8 Å². The normalized spacial score (nSPS) is 20.5. The zero-order valence-corrected chi connectivity index (χ0v) is 16.2. The Hall–Kier alpha value is -2.41. The van der Waals surface area contributed by atoms with E-state index < -0.39 is 20.0 Å². The average Bonchev–Trinajstić information content (AvgIpc) is 2.97. The highest BCUT2D eigenvalue weighted by Crippen LogP contribution is 2.33. The fourth-order valence-corrected chi connectivity index (χ4v) is 4.28. The molecule has 1 N–H and O–H groups in total. The number of aromatic nitrogens is 2. The van der Waals surface area contributed by atoms with Gasteiger partial charge < -0.3 is 0 Å². The number of sulfone groups is 1. The van der Waals surface area contributed by atoms with Gasteiger partial charge in [0, 0.05) is 23.2 Å². The molecule has 0 saturated carbocycles. The third kappa shape index (κ3) is 3.07. The van der Waals surface area contributed by atoms with Crippen LogP contribution in [0, 0.1) is 5.41 Å². The number of carbonyl (C=O) groups excluding carboxylic acids is 1. The number of amides is 1. The molecule has 2 aromatic heterocycles. The largest absolute Gasteiger partial charge is 0.273 e. The van der Waals surface area contributed by atoms with Crippen molar-refractivity contribution in [3.8, 4) is 0 Å². The highest BCUT2D eigenvalue weighted by atomic mass is 32.2. The number of rotatable bonds is 3. The summed E-state index contributed by atoms with van der Waals surface area (Å²) in [6.07, 6.45) is 10.6. The van der Waals surface area contributed by atoms with E-state index in [4.69, 9.17) is 0 Å². The van der Waals surface area contributed by atoms with E-state index in [2.05, 4.69) is 10.4 Å². The first-order chi connectivity index (χ1) is 12.0. The summed E-state index contributed by atoms with van der Waals surface area (Å²) in [7, 11) is -3.59. The number of fused-ring (bicyclic) bond motifs is 1. The minimum Gasteiger partial charge on any atom is -0.273 e.